The van der Waals surface area contributed by atoms with Gasteiger partial charge in [-0.25, -0.2) is 8.42 Å². The van der Waals surface area contributed by atoms with Gasteiger partial charge >= 0.3 is 0 Å². The minimum Gasteiger partial charge on any atom is -0.379 e. The van der Waals surface area contributed by atoms with Crippen LogP contribution in [0.2, 0.25) is 0 Å². The van der Waals surface area contributed by atoms with Crippen LogP contribution in [0.4, 0.5) is 0 Å². The molecule has 0 spiro atoms. The van der Waals surface area contributed by atoms with Crippen molar-refractivity contribution in [1.29, 1.82) is 0 Å². The molecule has 2 aromatic carbocycles. The fourth-order valence-electron chi connectivity index (χ4n) is 3.33. The second-order valence-corrected chi connectivity index (χ2v) is 10.1. The molecule has 174 valence electrons. The first kappa shape index (κ1) is 24.4. The highest BCUT2D eigenvalue weighted by Gasteiger charge is 2.26. The Morgan fingerprint density at radius 3 is 2.22 bits per heavy atom. The van der Waals surface area contributed by atoms with Crippen molar-refractivity contribution in [3.05, 3.63) is 65.2 Å². The zero-order valence-electron chi connectivity index (χ0n) is 18.7. The van der Waals surface area contributed by atoms with Gasteiger partial charge in [-0.2, -0.15) is 4.31 Å². The number of nitrogens with one attached hydrogen (secondary N) is 1. The Morgan fingerprint density at radius 1 is 1.00 bits per heavy atom. The summed E-state index contributed by atoms with van der Waals surface area (Å²) in [4.78, 5) is 12.5. The lowest BCUT2D eigenvalue weighted by atomic mass is 10.1. The third-order valence-electron chi connectivity index (χ3n) is 5.27. The van der Waals surface area contributed by atoms with Crippen molar-refractivity contribution in [1.82, 2.24) is 9.62 Å². The van der Waals surface area contributed by atoms with Crippen LogP contribution in [0.5, 0.6) is 0 Å². The average Bonchev–Trinajstić information content (AvgIpc) is 2.81. The van der Waals surface area contributed by atoms with Gasteiger partial charge in [0.1, 0.15) is 0 Å². The lowest BCUT2D eigenvalue weighted by molar-refractivity contribution is -0.121. The largest absolute Gasteiger partial charge is 0.379 e. The van der Waals surface area contributed by atoms with Crippen molar-refractivity contribution in [3.8, 4) is 0 Å². The molecule has 0 aromatic heterocycles. The van der Waals surface area contributed by atoms with Gasteiger partial charge in [0.05, 0.1) is 30.8 Å². The van der Waals surface area contributed by atoms with Crippen molar-refractivity contribution in [2.45, 2.75) is 50.8 Å². The molecule has 32 heavy (non-hydrogen) atoms. The number of hydrogen-bond acceptors (Lipinski definition) is 5. The van der Waals surface area contributed by atoms with Crippen LogP contribution in [0.1, 0.15) is 37.0 Å². The van der Waals surface area contributed by atoms with Gasteiger partial charge in [-0.1, -0.05) is 36.4 Å². The summed E-state index contributed by atoms with van der Waals surface area (Å²) < 4.78 is 37.6. The highest BCUT2D eigenvalue weighted by atomic mass is 32.2. The molecule has 0 bridgehead atoms. The first-order chi connectivity index (χ1) is 15.3. The van der Waals surface area contributed by atoms with E-state index < -0.39 is 10.0 Å². The van der Waals surface area contributed by atoms with Gasteiger partial charge in [-0.05, 0) is 49.1 Å². The number of benzene rings is 2. The summed E-state index contributed by atoms with van der Waals surface area (Å²) in [7, 11) is -3.49. The van der Waals surface area contributed by atoms with E-state index in [1.54, 1.807) is 24.3 Å². The molecule has 1 heterocycles. The van der Waals surface area contributed by atoms with E-state index in [-0.39, 0.29) is 16.9 Å². The second kappa shape index (κ2) is 11.6. The highest BCUT2D eigenvalue weighted by Crippen LogP contribution is 2.18. The Hall–Kier alpha value is -2.26. The predicted molar refractivity (Wildman–Crippen MR) is 123 cm³/mol. The molecular formula is C24H32N2O5S. The molecule has 0 atom stereocenters. The molecule has 1 amide bonds. The Labute approximate surface area is 190 Å². The second-order valence-electron chi connectivity index (χ2n) is 8.11. The number of amides is 1. The maximum Gasteiger partial charge on any atom is 0.243 e. The number of nitrogens with zero attached hydrogens (tertiary/aromatic N) is 1. The van der Waals surface area contributed by atoms with E-state index >= 15 is 0 Å². The van der Waals surface area contributed by atoms with Gasteiger partial charge in [0.2, 0.25) is 15.9 Å². The monoisotopic (exact) mass is 460 g/mol. The molecule has 0 aliphatic carbocycles. The smallest absolute Gasteiger partial charge is 0.243 e. The molecule has 8 heteroatoms. The normalized spacial score (nSPS) is 15.1. The molecule has 0 saturated carbocycles. The van der Waals surface area contributed by atoms with Crippen LogP contribution < -0.4 is 5.32 Å². The predicted octanol–water partition coefficient (Wildman–Crippen LogP) is 2.88. The van der Waals surface area contributed by atoms with Crippen molar-refractivity contribution in [2.75, 3.05) is 26.3 Å². The van der Waals surface area contributed by atoms with Gasteiger partial charge < -0.3 is 14.8 Å². The van der Waals surface area contributed by atoms with Crippen LogP contribution in [0.25, 0.3) is 0 Å². The summed E-state index contributed by atoms with van der Waals surface area (Å²) in [5, 5.41) is 2.93. The molecule has 2 aromatic rings. The van der Waals surface area contributed by atoms with E-state index in [1.807, 2.05) is 38.1 Å². The average molecular weight is 461 g/mol. The summed E-state index contributed by atoms with van der Waals surface area (Å²) in [6.07, 6.45) is 1.09. The molecule has 1 saturated heterocycles. The Morgan fingerprint density at radius 2 is 1.59 bits per heavy atom. The standard InChI is InChI=1S/C24H32N2O5S/c1-19(2)31-18-22-5-3-21(4-6-22)17-25-24(27)12-9-20-7-10-23(11-8-20)32(28,29)26-13-15-30-16-14-26/h3-8,10-11,19H,9,12-18H2,1-2H3,(H,25,27). The van der Waals surface area contributed by atoms with E-state index in [9.17, 15) is 13.2 Å². The summed E-state index contributed by atoms with van der Waals surface area (Å²) in [5.74, 6) is -0.0396. The Bertz CT molecular complexity index is 966. The number of aryl methyl sites for hydroxylation is 1. The fourth-order valence-corrected chi connectivity index (χ4v) is 4.74. The maximum atomic E-state index is 12.7. The lowest BCUT2D eigenvalue weighted by Crippen LogP contribution is -2.40. The number of carbonyl (C=O) groups is 1. The Balaban J connectivity index is 1.43. The van der Waals surface area contributed by atoms with Gasteiger partial charge in [-0.3, -0.25) is 4.79 Å². The quantitative estimate of drug-likeness (QED) is 0.589. The summed E-state index contributed by atoms with van der Waals surface area (Å²) >= 11 is 0. The minimum atomic E-state index is -3.49. The number of carbonyl (C=O) groups excluding carboxylic acids is 1. The first-order valence-electron chi connectivity index (χ1n) is 11.0. The molecule has 1 aliphatic rings. The van der Waals surface area contributed by atoms with E-state index in [1.165, 1.54) is 4.31 Å². The maximum absolute atomic E-state index is 12.7. The third-order valence-corrected chi connectivity index (χ3v) is 7.18. The fraction of sp³-hybridized carbons (Fsp3) is 0.458. The van der Waals surface area contributed by atoms with E-state index in [0.717, 1.165) is 16.7 Å². The van der Waals surface area contributed by atoms with Gasteiger partial charge in [0, 0.05) is 26.1 Å². The molecule has 1 N–H and O–H groups in total. The van der Waals surface area contributed by atoms with Gasteiger partial charge in [-0.15, -0.1) is 0 Å². The van der Waals surface area contributed by atoms with Crippen LogP contribution in [0, 0.1) is 0 Å². The number of sulfonamides is 1. The summed E-state index contributed by atoms with van der Waals surface area (Å²) in [6.45, 7) is 6.65. The molecular weight excluding hydrogens is 428 g/mol. The van der Waals surface area contributed by atoms with E-state index in [4.69, 9.17) is 9.47 Å². The molecule has 1 aliphatic heterocycles. The Kier molecular flexibility index (Phi) is 8.81. The van der Waals surface area contributed by atoms with Crippen LogP contribution in [-0.4, -0.2) is 51.0 Å². The molecule has 3 rings (SSSR count). The topological polar surface area (TPSA) is 84.9 Å². The van der Waals surface area contributed by atoms with E-state index in [2.05, 4.69) is 5.32 Å². The van der Waals surface area contributed by atoms with Crippen LogP contribution in [0.15, 0.2) is 53.4 Å². The lowest BCUT2D eigenvalue weighted by Gasteiger charge is -2.26. The van der Waals surface area contributed by atoms with Gasteiger partial charge in [0.25, 0.3) is 0 Å². The number of rotatable bonds is 10. The number of ether oxygens (including phenoxy) is 2. The molecule has 7 nitrogen and oxygen atoms in total. The minimum absolute atomic E-state index is 0.0396. The number of hydrogen-bond donors (Lipinski definition) is 1. The van der Waals surface area contributed by atoms with Gasteiger partial charge in [0.15, 0.2) is 0 Å². The molecule has 1 fully saturated rings. The van der Waals surface area contributed by atoms with Crippen molar-refractivity contribution in [3.63, 3.8) is 0 Å². The zero-order chi connectivity index (χ0) is 23.0. The van der Waals surface area contributed by atoms with Crippen molar-refractivity contribution >= 4 is 15.9 Å². The zero-order valence-corrected chi connectivity index (χ0v) is 19.6. The van der Waals surface area contributed by atoms with E-state index in [0.29, 0.717) is 52.3 Å². The van der Waals surface area contributed by atoms with Crippen LogP contribution >= 0.6 is 0 Å². The molecule has 0 radical (unpaired) electrons. The SMILES string of the molecule is CC(C)OCc1ccc(CNC(=O)CCc2ccc(S(=O)(=O)N3CCOCC3)cc2)cc1. The van der Waals surface area contributed by atoms with Crippen molar-refractivity contribution < 1.29 is 22.7 Å². The first-order valence-corrected chi connectivity index (χ1v) is 12.4. The molecule has 0 unspecified atom stereocenters. The third kappa shape index (κ3) is 7.13. The summed E-state index contributed by atoms with van der Waals surface area (Å²) in [5.41, 5.74) is 3.06. The summed E-state index contributed by atoms with van der Waals surface area (Å²) in [6, 6.07) is 14.8. The number of morpholine rings is 1. The van der Waals surface area contributed by atoms with Crippen LogP contribution in [-0.2, 0) is 43.9 Å². The van der Waals surface area contributed by atoms with Crippen molar-refractivity contribution in [2.24, 2.45) is 0 Å². The highest BCUT2D eigenvalue weighted by molar-refractivity contribution is 7.89. The van der Waals surface area contributed by atoms with Crippen LogP contribution in [0.3, 0.4) is 0 Å².